The number of hydrogen-bond acceptors (Lipinski definition) is 4. The Morgan fingerprint density at radius 2 is 2.14 bits per heavy atom. The lowest BCUT2D eigenvalue weighted by molar-refractivity contribution is 0.272. The number of aliphatic hydroxyl groups excluding tert-OH is 1. The van der Waals surface area contributed by atoms with Gasteiger partial charge in [-0.2, -0.15) is 4.31 Å². The standard InChI is InChI=1S/C14H20ClNO4S/c1-4-6-16(7-5-2)21(18,19)13-9-12(15)8-11(10-17)14(13)20-3/h4,8-9,17H,1,5-7,10H2,2-3H3. The molecule has 0 spiro atoms. The first-order valence-corrected chi connectivity index (χ1v) is 8.32. The smallest absolute Gasteiger partial charge is 0.247 e. The van der Waals surface area contributed by atoms with E-state index in [0.717, 1.165) is 0 Å². The van der Waals surface area contributed by atoms with E-state index in [1.807, 2.05) is 6.92 Å². The van der Waals surface area contributed by atoms with E-state index < -0.39 is 10.0 Å². The van der Waals surface area contributed by atoms with E-state index in [9.17, 15) is 13.5 Å². The molecule has 0 aliphatic rings. The molecular weight excluding hydrogens is 314 g/mol. The van der Waals surface area contributed by atoms with Crippen molar-refractivity contribution in [3.8, 4) is 5.75 Å². The molecule has 1 N–H and O–H groups in total. The van der Waals surface area contributed by atoms with Gasteiger partial charge in [-0.25, -0.2) is 8.42 Å². The summed E-state index contributed by atoms with van der Waals surface area (Å²) in [5.41, 5.74) is 0.332. The fourth-order valence-electron chi connectivity index (χ4n) is 2.01. The first-order chi connectivity index (χ1) is 9.92. The third-order valence-electron chi connectivity index (χ3n) is 2.89. The SMILES string of the molecule is C=CCN(CCC)S(=O)(=O)c1cc(Cl)cc(CO)c1OC. The van der Waals surface area contributed by atoms with E-state index in [1.54, 1.807) is 0 Å². The van der Waals surface area contributed by atoms with Gasteiger partial charge in [-0.05, 0) is 18.6 Å². The van der Waals surface area contributed by atoms with Gasteiger partial charge in [0, 0.05) is 23.7 Å². The lowest BCUT2D eigenvalue weighted by Crippen LogP contribution is -2.32. The molecule has 0 saturated carbocycles. The summed E-state index contributed by atoms with van der Waals surface area (Å²) in [5, 5.41) is 9.58. The van der Waals surface area contributed by atoms with Gasteiger partial charge in [0.1, 0.15) is 10.6 Å². The Morgan fingerprint density at radius 3 is 2.62 bits per heavy atom. The first-order valence-electron chi connectivity index (χ1n) is 6.50. The molecule has 1 aromatic rings. The predicted molar refractivity (Wildman–Crippen MR) is 83.2 cm³/mol. The molecule has 1 aromatic carbocycles. The summed E-state index contributed by atoms with van der Waals surface area (Å²) in [4.78, 5) is -0.0446. The summed E-state index contributed by atoms with van der Waals surface area (Å²) in [7, 11) is -2.42. The number of halogens is 1. The Labute approximate surface area is 130 Å². The molecule has 0 atom stereocenters. The lowest BCUT2D eigenvalue weighted by Gasteiger charge is -2.22. The van der Waals surface area contributed by atoms with Gasteiger partial charge < -0.3 is 9.84 Å². The van der Waals surface area contributed by atoms with Gasteiger partial charge in [-0.3, -0.25) is 0 Å². The molecule has 0 unspecified atom stereocenters. The molecule has 0 amide bonds. The first kappa shape index (κ1) is 18.0. The number of benzene rings is 1. The molecule has 118 valence electrons. The van der Waals surface area contributed by atoms with E-state index in [1.165, 1.54) is 29.6 Å². The molecule has 0 fully saturated rings. The van der Waals surface area contributed by atoms with E-state index in [2.05, 4.69) is 6.58 Å². The summed E-state index contributed by atoms with van der Waals surface area (Å²) in [6.45, 7) is 5.66. The van der Waals surface area contributed by atoms with Gasteiger partial charge in [0.2, 0.25) is 10.0 Å². The Morgan fingerprint density at radius 1 is 1.48 bits per heavy atom. The zero-order valence-electron chi connectivity index (χ0n) is 12.2. The highest BCUT2D eigenvalue weighted by atomic mass is 35.5. The van der Waals surface area contributed by atoms with Gasteiger partial charge in [0.15, 0.2) is 0 Å². The lowest BCUT2D eigenvalue weighted by atomic mass is 10.2. The van der Waals surface area contributed by atoms with Crippen LogP contribution in [0.1, 0.15) is 18.9 Å². The van der Waals surface area contributed by atoms with Crippen LogP contribution in [0.15, 0.2) is 29.7 Å². The van der Waals surface area contributed by atoms with Crippen molar-refractivity contribution in [1.29, 1.82) is 0 Å². The van der Waals surface area contributed by atoms with E-state index >= 15 is 0 Å². The molecule has 0 heterocycles. The van der Waals surface area contributed by atoms with Crippen molar-refractivity contribution in [2.45, 2.75) is 24.8 Å². The minimum atomic E-state index is -3.78. The number of nitrogens with zero attached hydrogens (tertiary/aromatic N) is 1. The maximum absolute atomic E-state index is 12.8. The zero-order chi connectivity index (χ0) is 16.0. The average molecular weight is 334 g/mol. The van der Waals surface area contributed by atoms with Gasteiger partial charge in [0.05, 0.1) is 13.7 Å². The van der Waals surface area contributed by atoms with Crippen LogP contribution in [0.25, 0.3) is 0 Å². The third kappa shape index (κ3) is 3.97. The van der Waals surface area contributed by atoms with E-state index in [-0.39, 0.29) is 28.8 Å². The van der Waals surface area contributed by atoms with Crippen LogP contribution >= 0.6 is 11.6 Å². The Bertz CT molecular complexity index is 601. The molecule has 0 bridgehead atoms. The molecule has 0 saturated heterocycles. The monoisotopic (exact) mass is 333 g/mol. The Hall–Kier alpha value is -1.08. The minimum Gasteiger partial charge on any atom is -0.495 e. The van der Waals surface area contributed by atoms with Crippen molar-refractivity contribution in [1.82, 2.24) is 4.31 Å². The maximum Gasteiger partial charge on any atom is 0.247 e. The molecule has 7 heteroatoms. The largest absolute Gasteiger partial charge is 0.495 e. The zero-order valence-corrected chi connectivity index (χ0v) is 13.7. The minimum absolute atomic E-state index is 0.0446. The van der Waals surface area contributed by atoms with Crippen LogP contribution in [0.2, 0.25) is 5.02 Å². The van der Waals surface area contributed by atoms with Gasteiger partial charge >= 0.3 is 0 Å². The number of sulfonamides is 1. The van der Waals surface area contributed by atoms with Crippen LogP contribution < -0.4 is 4.74 Å². The van der Waals surface area contributed by atoms with Crippen molar-refractivity contribution in [2.24, 2.45) is 0 Å². The molecule has 0 radical (unpaired) electrons. The van der Waals surface area contributed by atoms with Crippen molar-refractivity contribution >= 4 is 21.6 Å². The summed E-state index contributed by atoms with van der Waals surface area (Å²) in [6.07, 6.45) is 2.19. The molecule has 5 nitrogen and oxygen atoms in total. The van der Waals surface area contributed by atoms with E-state index in [0.29, 0.717) is 18.5 Å². The second-order valence-electron chi connectivity index (χ2n) is 4.41. The summed E-state index contributed by atoms with van der Waals surface area (Å²) in [6, 6.07) is 2.82. The second-order valence-corrected chi connectivity index (χ2v) is 6.75. The fourth-order valence-corrected chi connectivity index (χ4v) is 4.04. The van der Waals surface area contributed by atoms with Crippen LogP contribution in [0.3, 0.4) is 0 Å². The molecule has 0 aromatic heterocycles. The van der Waals surface area contributed by atoms with Gasteiger partial charge in [-0.15, -0.1) is 6.58 Å². The van der Waals surface area contributed by atoms with Gasteiger partial charge in [0.25, 0.3) is 0 Å². The number of methoxy groups -OCH3 is 1. The average Bonchev–Trinajstić information content (AvgIpc) is 2.45. The number of hydrogen-bond donors (Lipinski definition) is 1. The Balaban J connectivity index is 3.48. The molecular formula is C14H20ClNO4S. The van der Waals surface area contributed by atoms with Crippen LogP contribution in [0.4, 0.5) is 0 Å². The third-order valence-corrected chi connectivity index (χ3v) is 4.98. The van der Waals surface area contributed by atoms with Crippen LogP contribution in [-0.2, 0) is 16.6 Å². The number of aliphatic hydroxyl groups is 1. The topological polar surface area (TPSA) is 66.8 Å². The molecule has 0 aliphatic heterocycles. The van der Waals surface area contributed by atoms with Gasteiger partial charge in [-0.1, -0.05) is 24.6 Å². The summed E-state index contributed by atoms with van der Waals surface area (Å²) < 4.78 is 32.0. The highest BCUT2D eigenvalue weighted by molar-refractivity contribution is 7.89. The number of rotatable bonds is 8. The molecule has 1 rings (SSSR count). The molecule has 21 heavy (non-hydrogen) atoms. The summed E-state index contributed by atoms with van der Waals surface area (Å²) in [5.74, 6) is 0.118. The maximum atomic E-state index is 12.8. The second kappa shape index (κ2) is 7.79. The normalized spacial score (nSPS) is 11.7. The Kier molecular flexibility index (Phi) is 6.67. The number of ether oxygens (including phenoxy) is 1. The van der Waals surface area contributed by atoms with Crippen LogP contribution in [0.5, 0.6) is 5.75 Å². The van der Waals surface area contributed by atoms with Crippen molar-refractivity contribution < 1.29 is 18.3 Å². The van der Waals surface area contributed by atoms with Crippen molar-refractivity contribution in [3.63, 3.8) is 0 Å². The van der Waals surface area contributed by atoms with Crippen LogP contribution in [0, 0.1) is 0 Å². The van der Waals surface area contributed by atoms with E-state index in [4.69, 9.17) is 16.3 Å². The molecule has 0 aliphatic carbocycles. The highest BCUT2D eigenvalue weighted by Crippen LogP contribution is 2.33. The predicted octanol–water partition coefficient (Wildman–Crippen LogP) is 2.43. The fraction of sp³-hybridized carbons (Fsp3) is 0.429. The van der Waals surface area contributed by atoms with Crippen molar-refractivity contribution in [3.05, 3.63) is 35.4 Å². The van der Waals surface area contributed by atoms with Crippen molar-refractivity contribution in [2.75, 3.05) is 20.2 Å². The van der Waals surface area contributed by atoms with Crippen LogP contribution in [-0.4, -0.2) is 38.0 Å². The quantitative estimate of drug-likeness (QED) is 0.742. The highest BCUT2D eigenvalue weighted by Gasteiger charge is 2.28. The summed E-state index contributed by atoms with van der Waals surface area (Å²) >= 11 is 5.95.